The number of aliphatic carboxylic acids is 1. The molecule has 6 atom stereocenters. The number of hydrogen-bond acceptors (Lipinski definition) is 6. The fraction of sp³-hybridized carbons (Fsp3) is 0.760. The Balaban J connectivity index is 1.45. The van der Waals surface area contributed by atoms with Crippen molar-refractivity contribution in [3.8, 4) is 0 Å². The van der Waals surface area contributed by atoms with Crippen LogP contribution in [-0.4, -0.2) is 52.3 Å². The molecule has 3 unspecified atom stereocenters. The van der Waals surface area contributed by atoms with E-state index >= 15 is 0 Å². The zero-order valence-corrected chi connectivity index (χ0v) is 19.9. The number of carboxylic acid groups (broad SMARTS) is 1. The molecule has 0 saturated heterocycles. The van der Waals surface area contributed by atoms with Gasteiger partial charge in [0.2, 0.25) is 0 Å². The fourth-order valence-corrected chi connectivity index (χ4v) is 7.64. The van der Waals surface area contributed by atoms with Crippen LogP contribution >= 0.6 is 0 Å². The van der Waals surface area contributed by atoms with E-state index in [-0.39, 0.29) is 23.2 Å². The topological polar surface area (TPSA) is 125 Å². The van der Waals surface area contributed by atoms with Crippen molar-refractivity contribution in [2.24, 2.45) is 33.7 Å². The lowest BCUT2D eigenvalue weighted by Gasteiger charge is -2.59. The average Bonchev–Trinajstić information content (AvgIpc) is 3.04. The summed E-state index contributed by atoms with van der Waals surface area (Å²) < 4.78 is 0. The van der Waals surface area contributed by atoms with Gasteiger partial charge in [-0.05, 0) is 87.5 Å². The third-order valence-corrected chi connectivity index (χ3v) is 9.53. The van der Waals surface area contributed by atoms with Crippen LogP contribution in [0.2, 0.25) is 0 Å². The summed E-state index contributed by atoms with van der Waals surface area (Å²) >= 11 is 0. The standard InChI is InChI=1S/C25H36N2O6/c1-15(28)25(32)11-8-20-18-5-4-16-12-17(27-33-14-21(29)26-13-22(30)31)6-9-23(16,2)19(18)7-10-24(20,25)3/h12,18-20,32H,4-11,13-14H2,1-3H3,(H,26,29)(H,30,31)/b27-17+/t18?,19?,20?,23-,24-,25-/m0/s1. The number of hydrogen-bond donors (Lipinski definition) is 3. The first kappa shape index (κ1) is 23.9. The van der Waals surface area contributed by atoms with Crippen LogP contribution < -0.4 is 5.32 Å². The Hall–Kier alpha value is -2.22. The molecule has 3 fully saturated rings. The van der Waals surface area contributed by atoms with Gasteiger partial charge in [0.15, 0.2) is 12.4 Å². The van der Waals surface area contributed by atoms with E-state index in [0.717, 1.165) is 50.7 Å². The van der Waals surface area contributed by atoms with Crippen molar-refractivity contribution in [1.29, 1.82) is 0 Å². The molecule has 4 rings (SSSR count). The van der Waals surface area contributed by atoms with E-state index < -0.39 is 24.0 Å². The summed E-state index contributed by atoms with van der Waals surface area (Å²) in [5, 5.41) is 26.3. The van der Waals surface area contributed by atoms with Crippen molar-refractivity contribution in [3.63, 3.8) is 0 Å². The van der Waals surface area contributed by atoms with E-state index in [1.54, 1.807) is 6.92 Å². The largest absolute Gasteiger partial charge is 0.480 e. The Kier molecular flexibility index (Phi) is 6.18. The summed E-state index contributed by atoms with van der Waals surface area (Å²) in [5.41, 5.74) is 0.781. The molecule has 0 bridgehead atoms. The van der Waals surface area contributed by atoms with Crippen LogP contribution in [0.25, 0.3) is 0 Å². The number of carbonyl (C=O) groups excluding carboxylic acids is 2. The van der Waals surface area contributed by atoms with Crippen molar-refractivity contribution < 1.29 is 29.4 Å². The summed E-state index contributed by atoms with van der Waals surface area (Å²) in [6.45, 7) is 5.31. The molecule has 8 heteroatoms. The zero-order chi connectivity index (χ0) is 24.0. The van der Waals surface area contributed by atoms with Gasteiger partial charge in [-0.15, -0.1) is 0 Å². The van der Waals surface area contributed by atoms with E-state index in [1.807, 2.05) is 0 Å². The third kappa shape index (κ3) is 3.90. The first-order valence-electron chi connectivity index (χ1n) is 12.1. The minimum Gasteiger partial charge on any atom is -0.480 e. The summed E-state index contributed by atoms with van der Waals surface area (Å²) in [5.74, 6) is -0.257. The van der Waals surface area contributed by atoms with Gasteiger partial charge >= 0.3 is 5.97 Å². The molecular weight excluding hydrogens is 424 g/mol. The second-order valence-electron chi connectivity index (χ2n) is 10.9. The maximum absolute atomic E-state index is 12.4. The molecule has 0 spiro atoms. The van der Waals surface area contributed by atoms with Crippen LogP contribution in [0.4, 0.5) is 0 Å². The van der Waals surface area contributed by atoms with E-state index in [4.69, 9.17) is 9.94 Å². The van der Waals surface area contributed by atoms with Crippen molar-refractivity contribution in [2.75, 3.05) is 13.2 Å². The number of Topliss-reactive ketones (excluding diaryl/α,β-unsaturated/α-hetero) is 1. The third-order valence-electron chi connectivity index (χ3n) is 9.53. The van der Waals surface area contributed by atoms with Crippen LogP contribution in [-0.2, 0) is 19.2 Å². The van der Waals surface area contributed by atoms with Gasteiger partial charge in [0.05, 0.1) is 5.71 Å². The smallest absolute Gasteiger partial charge is 0.322 e. The zero-order valence-electron chi connectivity index (χ0n) is 19.9. The molecule has 0 aromatic rings. The number of oxime groups is 1. The number of nitrogens with one attached hydrogen (secondary N) is 1. The maximum Gasteiger partial charge on any atom is 0.322 e. The minimum absolute atomic E-state index is 0.0799. The Morgan fingerprint density at radius 1 is 1.12 bits per heavy atom. The fourth-order valence-electron chi connectivity index (χ4n) is 7.64. The second kappa shape index (κ2) is 8.53. The molecule has 0 aromatic heterocycles. The molecule has 0 radical (unpaired) electrons. The lowest BCUT2D eigenvalue weighted by molar-refractivity contribution is -0.159. The van der Waals surface area contributed by atoms with Crippen LogP contribution in [0.15, 0.2) is 16.8 Å². The highest BCUT2D eigenvalue weighted by Gasteiger charge is 2.65. The normalized spacial score (nSPS) is 40.8. The van der Waals surface area contributed by atoms with Crippen LogP contribution in [0, 0.1) is 28.6 Å². The van der Waals surface area contributed by atoms with Crippen LogP contribution in [0.1, 0.15) is 72.1 Å². The SMILES string of the molecule is CC(=O)[C@@]1(O)CCC2C3CCC4=C/C(=N/OCC(=O)NCC(=O)O)CC[C@]4(C)C3CC[C@@]21C. The predicted molar refractivity (Wildman–Crippen MR) is 121 cm³/mol. The Morgan fingerprint density at radius 3 is 2.55 bits per heavy atom. The summed E-state index contributed by atoms with van der Waals surface area (Å²) in [6.07, 6.45) is 9.30. The van der Waals surface area contributed by atoms with Crippen molar-refractivity contribution in [1.82, 2.24) is 5.32 Å². The summed E-state index contributed by atoms with van der Waals surface area (Å²) in [4.78, 5) is 39.7. The van der Waals surface area contributed by atoms with Gasteiger partial charge < -0.3 is 20.4 Å². The highest BCUT2D eigenvalue weighted by atomic mass is 16.6. The molecule has 4 aliphatic rings. The molecule has 1 amide bonds. The number of fused-ring (bicyclic) bond motifs is 5. The average molecular weight is 461 g/mol. The molecule has 3 saturated carbocycles. The highest BCUT2D eigenvalue weighted by Crippen LogP contribution is 2.67. The summed E-state index contributed by atoms with van der Waals surface area (Å²) in [6, 6.07) is 0. The highest BCUT2D eigenvalue weighted by molar-refractivity contribution is 5.96. The number of carboxylic acids is 1. The lowest BCUT2D eigenvalue weighted by Crippen LogP contribution is -2.57. The summed E-state index contributed by atoms with van der Waals surface area (Å²) in [7, 11) is 0. The Bertz CT molecular complexity index is 913. The van der Waals surface area contributed by atoms with Gasteiger partial charge in [-0.2, -0.15) is 0 Å². The minimum atomic E-state index is -1.18. The van der Waals surface area contributed by atoms with Gasteiger partial charge in [0.1, 0.15) is 12.1 Å². The van der Waals surface area contributed by atoms with Gasteiger partial charge in [0, 0.05) is 5.41 Å². The van der Waals surface area contributed by atoms with E-state index in [1.165, 1.54) is 5.57 Å². The Labute approximate surface area is 194 Å². The van der Waals surface area contributed by atoms with E-state index in [9.17, 15) is 19.5 Å². The molecule has 182 valence electrons. The number of nitrogens with zero attached hydrogens (tertiary/aromatic N) is 1. The van der Waals surface area contributed by atoms with Crippen LogP contribution in [0.3, 0.4) is 0 Å². The molecule has 0 heterocycles. The van der Waals surface area contributed by atoms with E-state index in [0.29, 0.717) is 24.2 Å². The maximum atomic E-state index is 12.4. The van der Waals surface area contributed by atoms with Crippen molar-refractivity contribution >= 4 is 23.4 Å². The Morgan fingerprint density at radius 2 is 1.85 bits per heavy atom. The number of carbonyl (C=O) groups is 3. The number of rotatable bonds is 6. The van der Waals surface area contributed by atoms with Crippen molar-refractivity contribution in [2.45, 2.75) is 77.7 Å². The molecular formula is C25H36N2O6. The van der Waals surface area contributed by atoms with Crippen molar-refractivity contribution in [3.05, 3.63) is 11.6 Å². The number of ketones is 1. The first-order valence-corrected chi connectivity index (χ1v) is 12.1. The van der Waals surface area contributed by atoms with Gasteiger partial charge in [-0.25, -0.2) is 0 Å². The molecule has 0 aliphatic heterocycles. The number of allylic oxidation sites excluding steroid dienone is 2. The second-order valence-corrected chi connectivity index (χ2v) is 10.9. The molecule has 0 aromatic carbocycles. The number of amides is 1. The molecule has 33 heavy (non-hydrogen) atoms. The number of aliphatic hydroxyl groups is 1. The monoisotopic (exact) mass is 460 g/mol. The molecule has 4 aliphatic carbocycles. The van der Waals surface area contributed by atoms with Gasteiger partial charge in [0.25, 0.3) is 5.91 Å². The lowest BCUT2D eigenvalue weighted by atomic mass is 9.46. The predicted octanol–water partition coefficient (Wildman–Crippen LogP) is 2.84. The quantitative estimate of drug-likeness (QED) is 0.524. The molecule has 8 nitrogen and oxygen atoms in total. The molecule has 3 N–H and O–H groups in total. The van der Waals surface area contributed by atoms with E-state index in [2.05, 4.69) is 30.4 Å². The van der Waals surface area contributed by atoms with Crippen LogP contribution in [0.5, 0.6) is 0 Å². The van der Waals surface area contributed by atoms with Gasteiger partial charge in [-0.1, -0.05) is 24.6 Å². The first-order chi connectivity index (χ1) is 15.5. The van der Waals surface area contributed by atoms with Gasteiger partial charge in [-0.3, -0.25) is 14.4 Å².